The van der Waals surface area contributed by atoms with E-state index in [9.17, 15) is 27.6 Å². The number of primary sulfonamides is 1. The van der Waals surface area contributed by atoms with Crippen LogP contribution in [0.5, 0.6) is 0 Å². The van der Waals surface area contributed by atoms with Gasteiger partial charge in [-0.25, -0.2) is 23.3 Å². The quantitative estimate of drug-likeness (QED) is 0.463. The number of imide groups is 1. The van der Waals surface area contributed by atoms with Gasteiger partial charge < -0.3 is 9.64 Å². The molecule has 33 heavy (non-hydrogen) atoms. The lowest BCUT2D eigenvalue weighted by molar-refractivity contribution is -0.136. The Morgan fingerprint density at radius 2 is 1.70 bits per heavy atom. The number of methoxy groups -OCH3 is 1. The molecule has 0 saturated carbocycles. The van der Waals surface area contributed by atoms with Gasteiger partial charge in [-0.1, -0.05) is 12.1 Å². The minimum Gasteiger partial charge on any atom is -0.465 e. The molecule has 0 aromatic heterocycles. The van der Waals surface area contributed by atoms with Gasteiger partial charge in [0.1, 0.15) is 6.04 Å². The Labute approximate surface area is 191 Å². The van der Waals surface area contributed by atoms with Crippen molar-refractivity contribution in [3.63, 3.8) is 0 Å². The van der Waals surface area contributed by atoms with Crippen molar-refractivity contribution in [2.45, 2.75) is 30.7 Å². The summed E-state index contributed by atoms with van der Waals surface area (Å²) in [6, 6.07) is 10.8. The van der Waals surface area contributed by atoms with E-state index in [1.165, 1.54) is 55.3 Å². The van der Waals surface area contributed by atoms with Crippen molar-refractivity contribution < 1.29 is 32.3 Å². The number of hydrogen-bond acceptors (Lipinski definition) is 7. The van der Waals surface area contributed by atoms with E-state index in [-0.39, 0.29) is 29.3 Å². The zero-order chi connectivity index (χ0) is 24.3. The monoisotopic (exact) mass is 473 g/mol. The van der Waals surface area contributed by atoms with Gasteiger partial charge in [0.15, 0.2) is 0 Å². The van der Waals surface area contributed by atoms with Crippen LogP contribution in [0.3, 0.4) is 0 Å². The van der Waals surface area contributed by atoms with Crippen LogP contribution in [0.25, 0.3) is 0 Å². The van der Waals surface area contributed by atoms with Crippen molar-refractivity contribution in [1.29, 1.82) is 0 Å². The molecule has 2 N–H and O–H groups in total. The second-order valence-corrected chi connectivity index (χ2v) is 9.04. The summed E-state index contributed by atoms with van der Waals surface area (Å²) in [7, 11) is -2.56. The average molecular weight is 474 g/mol. The summed E-state index contributed by atoms with van der Waals surface area (Å²) in [4.78, 5) is 51.8. The third kappa shape index (κ3) is 5.26. The molecule has 0 bridgehead atoms. The summed E-state index contributed by atoms with van der Waals surface area (Å²) in [5.41, 5.74) is 1.30. The lowest BCUT2D eigenvalue weighted by Crippen LogP contribution is -2.45. The third-order valence-corrected chi connectivity index (χ3v) is 6.27. The van der Waals surface area contributed by atoms with E-state index < -0.39 is 33.8 Å². The molecule has 1 unspecified atom stereocenters. The van der Waals surface area contributed by atoms with Crippen molar-refractivity contribution in [2.75, 3.05) is 18.6 Å². The topological polar surface area (TPSA) is 144 Å². The van der Waals surface area contributed by atoms with Crippen molar-refractivity contribution >= 4 is 39.4 Å². The molecule has 2 aromatic rings. The van der Waals surface area contributed by atoms with Crippen molar-refractivity contribution in [3.05, 3.63) is 59.7 Å². The van der Waals surface area contributed by atoms with Crippen LogP contribution in [0.2, 0.25) is 0 Å². The maximum absolute atomic E-state index is 13.0. The molecule has 11 heteroatoms. The number of esters is 1. The van der Waals surface area contributed by atoms with E-state index >= 15 is 0 Å². The number of sulfonamides is 1. The van der Waals surface area contributed by atoms with Gasteiger partial charge >= 0.3 is 5.97 Å². The summed E-state index contributed by atoms with van der Waals surface area (Å²) in [6.07, 6.45) is 0.178. The van der Waals surface area contributed by atoms with Gasteiger partial charge in [0.25, 0.3) is 5.91 Å². The zero-order valence-electron chi connectivity index (χ0n) is 18.1. The van der Waals surface area contributed by atoms with Crippen LogP contribution in [0.1, 0.15) is 29.3 Å². The smallest absolute Gasteiger partial charge is 0.337 e. The first kappa shape index (κ1) is 24.1. The van der Waals surface area contributed by atoms with E-state index in [2.05, 4.69) is 4.74 Å². The average Bonchev–Trinajstić information content (AvgIpc) is 3.06. The molecule has 1 aliphatic heterocycles. The predicted molar refractivity (Wildman–Crippen MR) is 118 cm³/mol. The number of benzene rings is 2. The number of amides is 3. The molecule has 1 atom stereocenters. The number of hydrogen-bond donors (Lipinski definition) is 1. The summed E-state index contributed by atoms with van der Waals surface area (Å²) in [5.74, 6) is -1.91. The number of carbonyl (C=O) groups excluding carboxylic acids is 4. The highest BCUT2D eigenvalue weighted by atomic mass is 32.2. The minimum absolute atomic E-state index is 0.0277. The fourth-order valence-corrected chi connectivity index (χ4v) is 4.14. The van der Waals surface area contributed by atoms with Gasteiger partial charge in [-0.15, -0.1) is 0 Å². The lowest BCUT2D eigenvalue weighted by atomic mass is 10.1. The summed E-state index contributed by atoms with van der Waals surface area (Å²) < 4.78 is 27.4. The van der Waals surface area contributed by atoms with E-state index in [0.717, 1.165) is 10.5 Å². The Balaban J connectivity index is 1.74. The molecular formula is C22H23N3O7S. The highest BCUT2D eigenvalue weighted by molar-refractivity contribution is 7.89. The van der Waals surface area contributed by atoms with E-state index in [0.29, 0.717) is 12.1 Å². The Bertz CT molecular complexity index is 1190. The molecule has 3 amide bonds. The maximum Gasteiger partial charge on any atom is 0.337 e. The second kappa shape index (κ2) is 9.51. The van der Waals surface area contributed by atoms with Gasteiger partial charge in [-0.2, -0.15) is 0 Å². The largest absolute Gasteiger partial charge is 0.465 e. The summed E-state index contributed by atoms with van der Waals surface area (Å²) in [5, 5.41) is 5.09. The van der Waals surface area contributed by atoms with Crippen LogP contribution in [0, 0.1) is 0 Å². The lowest BCUT2D eigenvalue weighted by Gasteiger charge is -2.26. The Morgan fingerprint density at radius 1 is 1.09 bits per heavy atom. The Hall–Kier alpha value is -3.57. The molecule has 1 aliphatic rings. The second-order valence-electron chi connectivity index (χ2n) is 7.48. The zero-order valence-corrected chi connectivity index (χ0v) is 18.9. The first-order valence-electron chi connectivity index (χ1n) is 9.97. The van der Waals surface area contributed by atoms with Crippen molar-refractivity contribution in [3.8, 4) is 0 Å². The molecule has 1 fully saturated rings. The van der Waals surface area contributed by atoms with Crippen molar-refractivity contribution in [1.82, 2.24) is 4.90 Å². The Kier molecular flexibility index (Phi) is 6.94. The Morgan fingerprint density at radius 3 is 2.21 bits per heavy atom. The molecule has 3 rings (SSSR count). The van der Waals surface area contributed by atoms with E-state index in [1.807, 2.05) is 0 Å². The fourth-order valence-electron chi connectivity index (χ4n) is 3.62. The molecular weight excluding hydrogens is 450 g/mol. The molecule has 1 saturated heterocycles. The van der Waals surface area contributed by atoms with Gasteiger partial charge in [-0.05, 0) is 48.4 Å². The normalized spacial score (nSPS) is 16.1. The molecule has 0 spiro atoms. The van der Waals surface area contributed by atoms with Crippen LogP contribution in [0.15, 0.2) is 53.4 Å². The van der Waals surface area contributed by atoms with Crippen LogP contribution in [-0.2, 0) is 35.6 Å². The number of anilines is 1. The van der Waals surface area contributed by atoms with Crippen molar-refractivity contribution in [2.24, 2.45) is 5.14 Å². The van der Waals surface area contributed by atoms with Crippen LogP contribution in [0.4, 0.5) is 5.69 Å². The number of ether oxygens (including phenoxy) is 1. The number of rotatable bonds is 7. The fraction of sp³-hybridized carbons (Fsp3) is 0.273. The highest BCUT2D eigenvalue weighted by Crippen LogP contribution is 2.26. The first-order chi connectivity index (χ1) is 15.5. The summed E-state index contributed by atoms with van der Waals surface area (Å²) >= 11 is 0. The van der Waals surface area contributed by atoms with Gasteiger partial charge in [0.05, 0.1) is 29.7 Å². The maximum atomic E-state index is 13.0. The molecule has 10 nitrogen and oxygen atoms in total. The predicted octanol–water partition coefficient (Wildman–Crippen LogP) is 0.844. The SMILES string of the molecule is COC(=O)c1ccc(N2C(=O)CC(N(CCc3ccc(S(N)(=O)=O)cc3)C(C)=O)C2=O)cc1. The van der Waals surface area contributed by atoms with Crippen LogP contribution in [-0.4, -0.2) is 56.7 Å². The number of nitrogens with two attached hydrogens (primary N) is 1. The van der Waals surface area contributed by atoms with Gasteiger partial charge in [-0.3, -0.25) is 14.4 Å². The molecule has 0 radical (unpaired) electrons. The molecule has 174 valence electrons. The van der Waals surface area contributed by atoms with Gasteiger partial charge in [0, 0.05) is 13.5 Å². The van der Waals surface area contributed by atoms with Crippen LogP contribution < -0.4 is 10.0 Å². The molecule has 1 heterocycles. The van der Waals surface area contributed by atoms with Gasteiger partial charge in [0.2, 0.25) is 21.8 Å². The number of carbonyl (C=O) groups is 4. The first-order valence-corrected chi connectivity index (χ1v) is 11.5. The minimum atomic E-state index is -3.81. The highest BCUT2D eigenvalue weighted by Gasteiger charge is 2.43. The van der Waals surface area contributed by atoms with Crippen LogP contribution >= 0.6 is 0 Å². The summed E-state index contributed by atoms with van der Waals surface area (Å²) in [6.45, 7) is 1.47. The third-order valence-electron chi connectivity index (χ3n) is 5.34. The number of nitrogens with zero attached hydrogens (tertiary/aromatic N) is 2. The molecule has 0 aliphatic carbocycles. The standard InChI is InChI=1S/C22H23N3O7S/c1-14(26)24(12-11-15-3-9-18(10-4-15)33(23,30)31)19-13-20(27)25(21(19)28)17-7-5-16(6-8-17)22(29)32-2/h3-10,19H,11-13H2,1-2H3,(H2,23,30,31). The van der Waals surface area contributed by atoms with E-state index in [1.54, 1.807) is 12.1 Å². The van der Waals surface area contributed by atoms with E-state index in [4.69, 9.17) is 5.14 Å². The molecule has 2 aromatic carbocycles.